The summed E-state index contributed by atoms with van der Waals surface area (Å²) in [6, 6.07) is 12.1. The van der Waals surface area contributed by atoms with Crippen LogP contribution in [-0.4, -0.2) is 66.0 Å². The topological polar surface area (TPSA) is 57.9 Å². The van der Waals surface area contributed by atoms with Gasteiger partial charge in [-0.25, -0.2) is 4.79 Å². The number of rotatable bonds is 8. The van der Waals surface area contributed by atoms with Crippen LogP contribution in [0, 0.1) is 5.92 Å². The van der Waals surface area contributed by atoms with Gasteiger partial charge in [-0.05, 0) is 93.8 Å². The molecule has 0 bridgehead atoms. The van der Waals surface area contributed by atoms with Gasteiger partial charge < -0.3 is 24.2 Å². The number of carboxylic acid groups (broad SMARTS) is 1. The molecule has 1 N–H and O–H groups in total. The zero-order valence-corrected chi connectivity index (χ0v) is 25.3. The average molecular weight is 578 g/mol. The van der Waals surface area contributed by atoms with Crippen molar-refractivity contribution in [3.63, 3.8) is 0 Å². The van der Waals surface area contributed by atoms with Gasteiger partial charge in [0.2, 0.25) is 0 Å². The van der Waals surface area contributed by atoms with E-state index in [1.165, 1.54) is 72.8 Å². The molecule has 1 unspecified atom stereocenters. The monoisotopic (exact) mass is 577 g/mol. The molecule has 1 saturated carbocycles. The van der Waals surface area contributed by atoms with Gasteiger partial charge in [0.15, 0.2) is 0 Å². The number of nitrogens with zero attached hydrogens (tertiary/aromatic N) is 3. The van der Waals surface area contributed by atoms with Crippen molar-refractivity contribution >= 4 is 34.2 Å². The van der Waals surface area contributed by atoms with Gasteiger partial charge in [0, 0.05) is 59.9 Å². The first-order valence-electron chi connectivity index (χ1n) is 15.7. The lowest BCUT2D eigenvalue weighted by Crippen LogP contribution is -2.42. The average Bonchev–Trinajstić information content (AvgIpc) is 3.21. The summed E-state index contributed by atoms with van der Waals surface area (Å²) in [5.74, 6) is 0.222. The fourth-order valence-corrected chi connectivity index (χ4v) is 7.62. The third-order valence-corrected chi connectivity index (χ3v) is 9.70. The SMILES string of the molecule is CC(C)OCC1CCCN(CCN2CCn3c(c(C4CCCCC4)c4ccc(C(=O)O)cc43)-c3ccc(Cl)cc32)C1. The molecule has 0 spiro atoms. The first-order valence-corrected chi connectivity index (χ1v) is 16.0. The van der Waals surface area contributed by atoms with E-state index >= 15 is 0 Å². The van der Waals surface area contributed by atoms with E-state index in [2.05, 4.69) is 46.4 Å². The zero-order valence-electron chi connectivity index (χ0n) is 24.6. The molecule has 1 aromatic heterocycles. The van der Waals surface area contributed by atoms with Crippen molar-refractivity contribution in [2.75, 3.05) is 44.2 Å². The van der Waals surface area contributed by atoms with Crippen molar-refractivity contribution in [3.05, 3.63) is 52.5 Å². The first kappa shape index (κ1) is 28.6. The number of anilines is 1. The maximum Gasteiger partial charge on any atom is 0.335 e. The fourth-order valence-electron chi connectivity index (χ4n) is 7.46. The summed E-state index contributed by atoms with van der Waals surface area (Å²) in [6.45, 7) is 10.9. The van der Waals surface area contributed by atoms with Gasteiger partial charge in [0.1, 0.15) is 0 Å². The third kappa shape index (κ3) is 6.02. The Morgan fingerprint density at radius 3 is 2.61 bits per heavy atom. The molecule has 0 amide bonds. The number of hydrogen-bond acceptors (Lipinski definition) is 4. The fraction of sp³-hybridized carbons (Fsp3) is 0.559. The molecule has 1 saturated heterocycles. The van der Waals surface area contributed by atoms with Gasteiger partial charge in [-0.15, -0.1) is 0 Å². The third-order valence-electron chi connectivity index (χ3n) is 9.47. The number of benzene rings is 2. The molecule has 3 aromatic rings. The Labute approximate surface area is 249 Å². The van der Waals surface area contributed by atoms with Crippen LogP contribution in [0.2, 0.25) is 5.02 Å². The van der Waals surface area contributed by atoms with Gasteiger partial charge in [-0.3, -0.25) is 0 Å². The number of carboxylic acids is 1. The summed E-state index contributed by atoms with van der Waals surface area (Å²) in [6.07, 6.45) is 8.94. The van der Waals surface area contributed by atoms with E-state index in [1.807, 2.05) is 12.1 Å². The molecule has 2 fully saturated rings. The maximum atomic E-state index is 12.0. The van der Waals surface area contributed by atoms with Crippen molar-refractivity contribution in [1.82, 2.24) is 9.47 Å². The number of hydrogen-bond donors (Lipinski definition) is 1. The lowest BCUT2D eigenvalue weighted by atomic mass is 9.81. The van der Waals surface area contributed by atoms with E-state index in [0.717, 1.165) is 56.4 Å². The summed E-state index contributed by atoms with van der Waals surface area (Å²) in [4.78, 5) is 17.1. The number of likely N-dealkylation sites (tertiary alicyclic amines) is 1. The van der Waals surface area contributed by atoms with Crippen molar-refractivity contribution in [2.45, 2.75) is 77.4 Å². The van der Waals surface area contributed by atoms with E-state index in [4.69, 9.17) is 16.3 Å². The van der Waals surface area contributed by atoms with Gasteiger partial charge in [-0.2, -0.15) is 0 Å². The Morgan fingerprint density at radius 2 is 1.83 bits per heavy atom. The second-order valence-electron chi connectivity index (χ2n) is 12.6. The largest absolute Gasteiger partial charge is 0.478 e. The molecule has 7 heteroatoms. The smallest absolute Gasteiger partial charge is 0.335 e. The molecule has 1 atom stereocenters. The molecule has 6 rings (SSSR count). The van der Waals surface area contributed by atoms with Crippen LogP contribution in [0.25, 0.3) is 22.2 Å². The summed E-state index contributed by atoms with van der Waals surface area (Å²) in [7, 11) is 0. The molecule has 1 aliphatic carbocycles. The summed E-state index contributed by atoms with van der Waals surface area (Å²) < 4.78 is 8.37. The summed E-state index contributed by atoms with van der Waals surface area (Å²) in [5, 5.41) is 11.8. The van der Waals surface area contributed by atoms with Crippen LogP contribution in [0.15, 0.2) is 36.4 Å². The van der Waals surface area contributed by atoms with Gasteiger partial charge in [0.25, 0.3) is 0 Å². The minimum atomic E-state index is -0.872. The molecule has 3 aliphatic rings. The molecule has 6 nitrogen and oxygen atoms in total. The van der Waals surface area contributed by atoms with E-state index in [1.54, 1.807) is 6.07 Å². The molecule has 0 radical (unpaired) electrons. The number of carbonyl (C=O) groups is 1. The molecular formula is C34H44ClN3O3. The zero-order chi connectivity index (χ0) is 28.5. The molecule has 41 heavy (non-hydrogen) atoms. The Morgan fingerprint density at radius 1 is 1.00 bits per heavy atom. The van der Waals surface area contributed by atoms with Gasteiger partial charge >= 0.3 is 5.97 Å². The van der Waals surface area contributed by atoms with E-state index < -0.39 is 5.97 Å². The van der Waals surface area contributed by atoms with Crippen LogP contribution in [0.4, 0.5) is 5.69 Å². The second kappa shape index (κ2) is 12.4. The van der Waals surface area contributed by atoms with Crippen LogP contribution < -0.4 is 4.90 Å². The summed E-state index contributed by atoms with van der Waals surface area (Å²) >= 11 is 6.65. The Hall–Kier alpha value is -2.54. The lowest BCUT2D eigenvalue weighted by molar-refractivity contribution is 0.0266. The minimum absolute atomic E-state index is 0.280. The number of piperidine rings is 1. The lowest BCUT2D eigenvalue weighted by Gasteiger charge is -2.35. The highest BCUT2D eigenvalue weighted by Gasteiger charge is 2.31. The van der Waals surface area contributed by atoms with E-state index in [-0.39, 0.29) is 6.10 Å². The van der Waals surface area contributed by atoms with Gasteiger partial charge in [0.05, 0.1) is 24.0 Å². The van der Waals surface area contributed by atoms with E-state index in [0.29, 0.717) is 17.4 Å². The highest BCUT2D eigenvalue weighted by atomic mass is 35.5. The second-order valence-corrected chi connectivity index (χ2v) is 13.1. The predicted octanol–water partition coefficient (Wildman–Crippen LogP) is 7.66. The number of halogens is 1. The summed E-state index contributed by atoms with van der Waals surface area (Å²) in [5.41, 5.74) is 6.51. The quantitative estimate of drug-likeness (QED) is 0.298. The molecule has 220 valence electrons. The van der Waals surface area contributed by atoms with Crippen molar-refractivity contribution < 1.29 is 14.6 Å². The molecular weight excluding hydrogens is 534 g/mol. The maximum absolute atomic E-state index is 12.0. The van der Waals surface area contributed by atoms with Crippen molar-refractivity contribution in [1.29, 1.82) is 0 Å². The van der Waals surface area contributed by atoms with E-state index in [9.17, 15) is 9.90 Å². The van der Waals surface area contributed by atoms with Crippen LogP contribution in [0.1, 0.15) is 80.6 Å². The highest BCUT2D eigenvalue weighted by molar-refractivity contribution is 6.31. The van der Waals surface area contributed by atoms with Gasteiger partial charge in [-0.1, -0.05) is 36.9 Å². The van der Waals surface area contributed by atoms with Crippen LogP contribution in [-0.2, 0) is 11.3 Å². The Balaban J connectivity index is 1.35. The first-order chi connectivity index (χ1) is 19.9. The molecule has 3 heterocycles. The standard InChI is InChI=1S/C34H44ClN3O3/c1-23(2)41-22-24-7-6-14-36(21-24)15-16-37-17-18-38-31-19-26(34(39)40)10-12-28(31)32(25-8-4-3-5-9-25)33(38)29-13-11-27(35)20-30(29)37/h10-13,19-20,23-25H,3-9,14-18,21-22H2,1-2H3,(H,39,40). The minimum Gasteiger partial charge on any atom is -0.478 e. The van der Waals surface area contributed by atoms with Crippen LogP contribution in [0.5, 0.6) is 0 Å². The number of fused-ring (bicyclic) bond motifs is 5. The number of aromatic carboxylic acids is 1. The van der Waals surface area contributed by atoms with Crippen molar-refractivity contribution in [2.24, 2.45) is 5.92 Å². The Kier molecular flexibility index (Phi) is 8.62. The molecule has 2 aromatic carbocycles. The molecule has 2 aliphatic heterocycles. The highest BCUT2D eigenvalue weighted by Crippen LogP contribution is 2.48. The predicted molar refractivity (Wildman–Crippen MR) is 168 cm³/mol. The number of aromatic nitrogens is 1. The normalized spacial score (nSPS) is 20.3. The Bertz CT molecular complexity index is 1390. The van der Waals surface area contributed by atoms with Crippen LogP contribution in [0.3, 0.4) is 0 Å². The van der Waals surface area contributed by atoms with Crippen molar-refractivity contribution in [3.8, 4) is 11.3 Å². The number of ether oxygens (including phenoxy) is 1. The van der Waals surface area contributed by atoms with Crippen LogP contribution >= 0.6 is 11.6 Å².